The molecule has 0 saturated heterocycles. The van der Waals surface area contributed by atoms with Crippen molar-refractivity contribution >= 4 is 0 Å². The molecular weight excluding hydrogens is 383 g/mol. The summed E-state index contributed by atoms with van der Waals surface area (Å²) in [6.45, 7) is 2.07. The summed E-state index contributed by atoms with van der Waals surface area (Å²) in [5.41, 5.74) is 0.175. The normalized spacial score (nSPS) is 27.8. The second-order valence-electron chi connectivity index (χ2n) is 9.40. The first-order valence-electron chi connectivity index (χ1n) is 11.6. The maximum atomic E-state index is 14.9. The van der Waals surface area contributed by atoms with Crippen LogP contribution in [0.15, 0.2) is 30.4 Å². The van der Waals surface area contributed by atoms with Crippen molar-refractivity contribution in [2.24, 2.45) is 23.7 Å². The fourth-order valence-corrected chi connectivity index (χ4v) is 5.64. The molecule has 30 heavy (non-hydrogen) atoms. The molecule has 0 N–H and O–H groups in total. The Morgan fingerprint density at radius 1 is 1.03 bits per heavy atom. The average molecular weight is 418 g/mol. The van der Waals surface area contributed by atoms with Gasteiger partial charge in [-0.25, -0.2) is 13.2 Å². The Morgan fingerprint density at radius 3 is 2.23 bits per heavy atom. The van der Waals surface area contributed by atoms with Crippen LogP contribution in [0, 0.1) is 40.8 Å². The van der Waals surface area contributed by atoms with Crippen LogP contribution in [-0.4, -0.2) is 5.92 Å². The summed E-state index contributed by atoms with van der Waals surface area (Å²) < 4.78 is 43.5. The molecule has 0 atom stereocenters. The Balaban J connectivity index is 1.46. The highest BCUT2D eigenvalue weighted by Crippen LogP contribution is 2.46. The van der Waals surface area contributed by atoms with Crippen molar-refractivity contribution in [2.45, 2.75) is 83.5 Å². The van der Waals surface area contributed by atoms with Gasteiger partial charge in [-0.05, 0) is 93.7 Å². The molecule has 0 radical (unpaired) electrons. The van der Waals surface area contributed by atoms with Gasteiger partial charge in [0.25, 0.3) is 5.92 Å². The lowest BCUT2D eigenvalue weighted by molar-refractivity contribution is -0.0777. The van der Waals surface area contributed by atoms with Gasteiger partial charge in [-0.2, -0.15) is 5.26 Å². The molecule has 1 nitrogen and oxygen atoms in total. The molecule has 0 aliphatic heterocycles. The van der Waals surface area contributed by atoms with Crippen molar-refractivity contribution < 1.29 is 13.2 Å². The zero-order valence-corrected chi connectivity index (χ0v) is 18.1. The lowest BCUT2D eigenvalue weighted by Gasteiger charge is -2.39. The Hall–Kier alpha value is -1.76. The number of allylic oxidation sites excluding steroid dienone is 2. The summed E-state index contributed by atoms with van der Waals surface area (Å²) in [5.74, 6) is -2.01. The first kappa shape index (κ1) is 22.9. The fourth-order valence-electron chi connectivity index (χ4n) is 5.64. The summed E-state index contributed by atoms with van der Waals surface area (Å²) in [6, 6.07) is 5.58. The Labute approximate surface area is 179 Å². The van der Waals surface area contributed by atoms with E-state index >= 15 is 0 Å². The van der Waals surface area contributed by atoms with E-state index in [1.54, 1.807) is 6.07 Å². The molecule has 0 bridgehead atoms. The molecule has 164 valence electrons. The minimum atomic E-state index is -2.82. The van der Waals surface area contributed by atoms with Crippen LogP contribution in [0.2, 0.25) is 0 Å². The van der Waals surface area contributed by atoms with Gasteiger partial charge in [0.1, 0.15) is 11.9 Å². The number of halogens is 3. The molecule has 0 amide bonds. The highest BCUT2D eigenvalue weighted by Gasteiger charge is 2.42. The van der Waals surface area contributed by atoms with Gasteiger partial charge in [0.2, 0.25) is 0 Å². The van der Waals surface area contributed by atoms with Crippen LogP contribution in [0.1, 0.15) is 82.3 Å². The van der Waals surface area contributed by atoms with Crippen LogP contribution in [0.3, 0.4) is 0 Å². The third kappa shape index (κ3) is 5.90. The van der Waals surface area contributed by atoms with Crippen molar-refractivity contribution in [3.63, 3.8) is 0 Å². The van der Waals surface area contributed by atoms with Gasteiger partial charge >= 0.3 is 0 Å². The number of hydrogen-bond donors (Lipinski definition) is 0. The lowest BCUT2D eigenvalue weighted by atomic mass is 9.67. The third-order valence-corrected chi connectivity index (χ3v) is 7.50. The van der Waals surface area contributed by atoms with Crippen LogP contribution >= 0.6 is 0 Å². The van der Waals surface area contributed by atoms with E-state index in [4.69, 9.17) is 5.26 Å². The first-order chi connectivity index (χ1) is 14.4. The number of rotatable bonds is 7. The maximum absolute atomic E-state index is 14.9. The van der Waals surface area contributed by atoms with Crippen LogP contribution in [0.5, 0.6) is 0 Å². The molecule has 4 heteroatoms. The van der Waals surface area contributed by atoms with Gasteiger partial charge in [0.15, 0.2) is 0 Å². The zero-order chi connectivity index (χ0) is 21.6. The molecule has 2 aliphatic rings. The van der Waals surface area contributed by atoms with E-state index in [0.29, 0.717) is 24.7 Å². The number of benzene rings is 1. The summed E-state index contributed by atoms with van der Waals surface area (Å²) in [5, 5.41) is 8.80. The van der Waals surface area contributed by atoms with Gasteiger partial charge in [-0.3, -0.25) is 0 Å². The highest BCUT2D eigenvalue weighted by molar-refractivity contribution is 5.33. The topological polar surface area (TPSA) is 23.8 Å². The molecular formula is C26H34F3N. The van der Waals surface area contributed by atoms with Crippen molar-refractivity contribution in [1.82, 2.24) is 0 Å². The third-order valence-electron chi connectivity index (χ3n) is 7.50. The largest absolute Gasteiger partial charge is 0.254 e. The monoisotopic (exact) mass is 417 g/mol. The second-order valence-corrected chi connectivity index (χ2v) is 9.40. The summed E-state index contributed by atoms with van der Waals surface area (Å²) in [6.07, 6.45) is 14.4. The summed E-state index contributed by atoms with van der Waals surface area (Å²) >= 11 is 0. The number of alkyl halides is 2. The highest BCUT2D eigenvalue weighted by atomic mass is 19.3. The van der Waals surface area contributed by atoms with Crippen molar-refractivity contribution in [1.29, 1.82) is 5.26 Å². The van der Waals surface area contributed by atoms with Gasteiger partial charge in [0, 0.05) is 12.3 Å². The standard InChI is InChI=1S/C26H34F3N/c1-2-3-4-5-19-6-9-21(10-7-19)22-12-14-24(15-13-22)26(28,29)17-20-8-11-23(18-30)25(27)16-20/h2-3,8,11,16,19,21-22,24H,4-7,9-10,12-15,17H2,1H3. The Morgan fingerprint density at radius 2 is 1.67 bits per heavy atom. The van der Waals surface area contributed by atoms with Crippen LogP contribution in [0.4, 0.5) is 13.2 Å². The predicted octanol–water partition coefficient (Wildman–Crippen LogP) is 7.84. The van der Waals surface area contributed by atoms with Gasteiger partial charge in [0.05, 0.1) is 5.56 Å². The molecule has 0 heterocycles. The summed E-state index contributed by atoms with van der Waals surface area (Å²) in [4.78, 5) is 0. The molecule has 2 fully saturated rings. The van der Waals surface area contributed by atoms with E-state index in [1.165, 1.54) is 50.7 Å². The number of nitrogens with zero attached hydrogens (tertiary/aromatic N) is 1. The van der Waals surface area contributed by atoms with Gasteiger partial charge < -0.3 is 0 Å². The first-order valence-corrected chi connectivity index (χ1v) is 11.6. The van der Waals surface area contributed by atoms with E-state index in [0.717, 1.165) is 24.8 Å². The van der Waals surface area contributed by atoms with Crippen molar-refractivity contribution in [3.8, 4) is 6.07 Å². The van der Waals surface area contributed by atoms with Crippen LogP contribution < -0.4 is 0 Å². The van der Waals surface area contributed by atoms with Crippen molar-refractivity contribution in [3.05, 3.63) is 47.3 Å². The van der Waals surface area contributed by atoms with Gasteiger partial charge in [-0.1, -0.05) is 31.1 Å². The molecule has 1 aromatic rings. The lowest BCUT2D eigenvalue weighted by Crippen LogP contribution is -2.35. The van der Waals surface area contributed by atoms with E-state index in [-0.39, 0.29) is 11.1 Å². The number of nitriles is 1. The fraction of sp³-hybridized carbons (Fsp3) is 0.654. The van der Waals surface area contributed by atoms with E-state index in [2.05, 4.69) is 19.1 Å². The minimum Gasteiger partial charge on any atom is -0.206 e. The van der Waals surface area contributed by atoms with E-state index in [1.807, 2.05) is 0 Å². The molecule has 0 spiro atoms. The molecule has 1 aromatic carbocycles. The predicted molar refractivity (Wildman–Crippen MR) is 115 cm³/mol. The van der Waals surface area contributed by atoms with E-state index < -0.39 is 24.1 Å². The summed E-state index contributed by atoms with van der Waals surface area (Å²) in [7, 11) is 0. The Bertz CT molecular complexity index is 748. The minimum absolute atomic E-state index is 0.0980. The Kier molecular flexibility index (Phi) is 8.03. The smallest absolute Gasteiger partial charge is 0.206 e. The molecule has 0 aromatic heterocycles. The quantitative estimate of drug-likeness (QED) is 0.414. The van der Waals surface area contributed by atoms with Crippen molar-refractivity contribution in [2.75, 3.05) is 0 Å². The average Bonchev–Trinajstić information content (AvgIpc) is 2.74. The van der Waals surface area contributed by atoms with Gasteiger partial charge in [-0.15, -0.1) is 0 Å². The molecule has 2 aliphatic carbocycles. The number of hydrogen-bond acceptors (Lipinski definition) is 1. The molecule has 2 saturated carbocycles. The molecule has 0 unspecified atom stereocenters. The molecule has 3 rings (SSSR count). The maximum Gasteiger partial charge on any atom is 0.254 e. The van der Waals surface area contributed by atoms with E-state index in [9.17, 15) is 13.2 Å². The zero-order valence-electron chi connectivity index (χ0n) is 18.1. The van der Waals surface area contributed by atoms with Crippen LogP contribution in [-0.2, 0) is 6.42 Å². The second kappa shape index (κ2) is 10.5. The van der Waals surface area contributed by atoms with Crippen LogP contribution in [0.25, 0.3) is 0 Å². The SMILES string of the molecule is CC=CCCC1CCC(C2CCC(C(F)(F)Cc3ccc(C#N)c(F)c3)CC2)CC1.